The highest BCUT2D eigenvalue weighted by Crippen LogP contribution is 2.45. The Morgan fingerprint density at radius 3 is 1.07 bits per heavy atom. The van der Waals surface area contributed by atoms with Crippen LogP contribution in [-0.2, 0) is 10.8 Å². The summed E-state index contributed by atoms with van der Waals surface area (Å²) in [7, 11) is 0. The van der Waals surface area contributed by atoms with E-state index in [-0.39, 0.29) is 10.8 Å². The molecule has 0 unspecified atom stereocenters. The third kappa shape index (κ3) is 5.75. The fourth-order valence-electron chi connectivity index (χ4n) is 6.47. The average Bonchev–Trinajstić information content (AvgIpc) is 2.95. The van der Waals surface area contributed by atoms with Gasteiger partial charge in [-0.15, -0.1) is 0 Å². The van der Waals surface area contributed by atoms with Gasteiger partial charge in [0.15, 0.2) is 0 Å². The summed E-state index contributed by atoms with van der Waals surface area (Å²) in [5.41, 5.74) is 8.54. The monoisotopic (exact) mass is 523 g/mol. The Kier molecular flexibility index (Phi) is 7.68. The zero-order valence-corrected chi connectivity index (χ0v) is 24.5. The lowest BCUT2D eigenvalue weighted by molar-refractivity contribution is 0.284. The van der Waals surface area contributed by atoms with E-state index in [9.17, 15) is 0 Å². The minimum absolute atomic E-state index is 0.133. The van der Waals surface area contributed by atoms with Crippen molar-refractivity contribution in [3.05, 3.63) is 167 Å². The molecule has 40 heavy (non-hydrogen) atoms. The molecule has 5 aromatic rings. The van der Waals surface area contributed by atoms with Gasteiger partial charge in [0.2, 0.25) is 0 Å². The molecule has 0 fully saturated rings. The molecule has 0 heterocycles. The Morgan fingerprint density at radius 1 is 0.400 bits per heavy atom. The van der Waals surface area contributed by atoms with E-state index in [0.717, 1.165) is 17.8 Å². The molecule has 5 rings (SSSR count). The highest BCUT2D eigenvalue weighted by molar-refractivity contribution is 5.64. The lowest BCUT2D eigenvalue weighted by Crippen LogP contribution is -2.30. The molecular weight excluding hydrogens is 482 g/mol. The second-order valence-corrected chi connectivity index (χ2v) is 12.7. The van der Waals surface area contributed by atoms with Crippen molar-refractivity contribution >= 4 is 11.4 Å². The van der Waals surface area contributed by atoms with Crippen LogP contribution in [0.4, 0.5) is 11.4 Å². The molecule has 1 nitrogen and oxygen atoms in total. The zero-order chi connectivity index (χ0) is 28.2. The Bertz CT molecular complexity index is 1400. The van der Waals surface area contributed by atoms with Gasteiger partial charge in [-0.1, -0.05) is 150 Å². The van der Waals surface area contributed by atoms with Gasteiger partial charge in [0.25, 0.3) is 0 Å². The van der Waals surface area contributed by atoms with Crippen LogP contribution in [0.25, 0.3) is 0 Å². The molecule has 202 valence electrons. The van der Waals surface area contributed by atoms with Gasteiger partial charge < -0.3 is 5.32 Å². The Balaban J connectivity index is 1.50. The number of hydrogen-bond acceptors (Lipinski definition) is 1. The number of anilines is 2. The van der Waals surface area contributed by atoms with Gasteiger partial charge in [0, 0.05) is 11.4 Å². The second-order valence-electron chi connectivity index (χ2n) is 12.7. The van der Waals surface area contributed by atoms with E-state index in [1.54, 1.807) is 0 Å². The summed E-state index contributed by atoms with van der Waals surface area (Å²) < 4.78 is 0. The summed E-state index contributed by atoms with van der Waals surface area (Å²) in [5.74, 6) is 0. The third-order valence-corrected chi connectivity index (χ3v) is 7.87. The summed E-state index contributed by atoms with van der Waals surface area (Å²) in [6.07, 6.45) is 1.14. The lowest BCUT2D eigenvalue weighted by Gasteiger charge is -2.37. The van der Waals surface area contributed by atoms with Crippen molar-refractivity contribution in [3.8, 4) is 0 Å². The van der Waals surface area contributed by atoms with Crippen LogP contribution in [0.3, 0.4) is 0 Å². The van der Waals surface area contributed by atoms with Gasteiger partial charge in [-0.2, -0.15) is 0 Å². The topological polar surface area (TPSA) is 12.0 Å². The molecule has 0 aliphatic heterocycles. The van der Waals surface area contributed by atoms with Crippen molar-refractivity contribution < 1.29 is 0 Å². The molecule has 0 saturated carbocycles. The second kappa shape index (κ2) is 11.2. The van der Waals surface area contributed by atoms with Crippen molar-refractivity contribution in [2.75, 3.05) is 5.32 Å². The predicted molar refractivity (Wildman–Crippen MR) is 172 cm³/mol. The molecule has 1 heteroatoms. The summed E-state index contributed by atoms with van der Waals surface area (Å²) in [5, 5.41) is 3.63. The van der Waals surface area contributed by atoms with Gasteiger partial charge in [0.1, 0.15) is 0 Å². The Morgan fingerprint density at radius 2 is 0.725 bits per heavy atom. The first-order valence-electron chi connectivity index (χ1n) is 14.3. The molecule has 0 amide bonds. The van der Waals surface area contributed by atoms with Crippen molar-refractivity contribution in [2.24, 2.45) is 5.41 Å². The summed E-state index contributed by atoms with van der Waals surface area (Å²) in [4.78, 5) is 0. The first-order valence-corrected chi connectivity index (χ1v) is 14.3. The number of nitrogens with one attached hydrogen (secondary N) is 1. The lowest BCUT2D eigenvalue weighted by atomic mass is 9.65. The van der Waals surface area contributed by atoms with Crippen LogP contribution in [0.2, 0.25) is 0 Å². The maximum atomic E-state index is 3.63. The number of hydrogen-bond donors (Lipinski definition) is 1. The maximum Gasteiger partial charge on any atom is 0.0701 e. The molecule has 0 saturated heterocycles. The summed E-state index contributed by atoms with van der Waals surface area (Å²) in [6, 6.07) is 50.5. The van der Waals surface area contributed by atoms with Gasteiger partial charge >= 0.3 is 0 Å². The van der Waals surface area contributed by atoms with E-state index in [2.05, 4.69) is 179 Å². The normalized spacial score (nSPS) is 12.2. The van der Waals surface area contributed by atoms with Crippen LogP contribution in [-0.4, -0.2) is 0 Å². The predicted octanol–water partition coefficient (Wildman–Crippen LogP) is 10.5. The highest BCUT2D eigenvalue weighted by Gasteiger charge is 2.38. The Hall–Kier alpha value is -4.10. The molecule has 0 aliphatic carbocycles. The third-order valence-electron chi connectivity index (χ3n) is 7.87. The molecule has 0 radical (unpaired) electrons. The SMILES string of the molecule is CC(C)(C)CC(C)(C)c1ccc(Nc2ccc(C(c3ccccc3)(c3ccccc3)c3ccccc3)cc2)cc1. The van der Waals surface area contributed by atoms with Crippen LogP contribution < -0.4 is 5.32 Å². The fraction of sp³-hybridized carbons (Fsp3) is 0.231. The zero-order valence-electron chi connectivity index (χ0n) is 24.5. The van der Waals surface area contributed by atoms with Crippen LogP contribution in [0.1, 0.15) is 68.9 Å². The van der Waals surface area contributed by atoms with Crippen molar-refractivity contribution in [1.82, 2.24) is 0 Å². The highest BCUT2D eigenvalue weighted by atomic mass is 14.9. The number of benzene rings is 5. The quantitative estimate of drug-likeness (QED) is 0.199. The smallest absolute Gasteiger partial charge is 0.0701 e. The summed E-state index contributed by atoms with van der Waals surface area (Å²) in [6.45, 7) is 11.6. The van der Waals surface area contributed by atoms with Gasteiger partial charge in [-0.3, -0.25) is 0 Å². The van der Waals surface area contributed by atoms with E-state index in [4.69, 9.17) is 0 Å². The van der Waals surface area contributed by atoms with E-state index in [0.29, 0.717) is 0 Å². The van der Waals surface area contributed by atoms with E-state index in [1.165, 1.54) is 27.8 Å². The molecule has 0 aliphatic rings. The molecule has 5 aromatic carbocycles. The van der Waals surface area contributed by atoms with Crippen LogP contribution in [0, 0.1) is 5.41 Å². The average molecular weight is 524 g/mol. The standard InChI is InChI=1S/C39H41N/c1-37(2,3)29-38(4,5)30-21-25-35(26-22-30)40-36-27-23-34(24-28-36)39(31-15-9-6-10-16-31,32-17-11-7-12-18-32)33-19-13-8-14-20-33/h6-28,40H,29H2,1-5H3. The Labute approximate surface area is 240 Å². The number of rotatable bonds is 8. The maximum absolute atomic E-state index is 3.63. The molecule has 0 spiro atoms. The molecule has 0 aromatic heterocycles. The van der Waals surface area contributed by atoms with E-state index >= 15 is 0 Å². The van der Waals surface area contributed by atoms with Gasteiger partial charge in [0.05, 0.1) is 5.41 Å². The van der Waals surface area contributed by atoms with Crippen molar-refractivity contribution in [1.29, 1.82) is 0 Å². The van der Waals surface area contributed by atoms with E-state index in [1.807, 2.05) is 0 Å². The van der Waals surface area contributed by atoms with Gasteiger partial charge in [-0.05, 0) is 69.3 Å². The van der Waals surface area contributed by atoms with Crippen molar-refractivity contribution in [3.63, 3.8) is 0 Å². The van der Waals surface area contributed by atoms with E-state index < -0.39 is 5.41 Å². The van der Waals surface area contributed by atoms with Crippen LogP contribution in [0.5, 0.6) is 0 Å². The molecular formula is C39H41N. The van der Waals surface area contributed by atoms with Crippen LogP contribution in [0.15, 0.2) is 140 Å². The largest absolute Gasteiger partial charge is 0.356 e. The van der Waals surface area contributed by atoms with Crippen molar-refractivity contribution in [2.45, 2.75) is 51.9 Å². The van der Waals surface area contributed by atoms with Gasteiger partial charge in [-0.25, -0.2) is 0 Å². The minimum Gasteiger partial charge on any atom is -0.356 e. The summed E-state index contributed by atoms with van der Waals surface area (Å²) >= 11 is 0. The van der Waals surface area contributed by atoms with Crippen LogP contribution >= 0.6 is 0 Å². The first-order chi connectivity index (χ1) is 19.2. The molecule has 0 atom stereocenters. The molecule has 1 N–H and O–H groups in total. The fourth-order valence-corrected chi connectivity index (χ4v) is 6.47. The minimum atomic E-state index is -0.428. The molecule has 0 bridgehead atoms. The first kappa shape index (κ1) is 27.5.